The van der Waals surface area contributed by atoms with Gasteiger partial charge in [-0.1, -0.05) is 0 Å². The van der Waals surface area contributed by atoms with Gasteiger partial charge in [0.25, 0.3) is 5.91 Å². The van der Waals surface area contributed by atoms with Gasteiger partial charge in [0.15, 0.2) is 5.60 Å². The van der Waals surface area contributed by atoms with E-state index in [-0.39, 0.29) is 10.4 Å². The highest BCUT2D eigenvalue weighted by Gasteiger charge is 2.36. The van der Waals surface area contributed by atoms with Gasteiger partial charge < -0.3 is 10.1 Å². The van der Waals surface area contributed by atoms with Crippen LogP contribution in [-0.2, 0) is 4.79 Å². The van der Waals surface area contributed by atoms with E-state index in [4.69, 9.17) is 4.74 Å². The van der Waals surface area contributed by atoms with Crippen LogP contribution in [0.4, 0.5) is 10.1 Å². The maximum absolute atomic E-state index is 13.2. The van der Waals surface area contributed by atoms with E-state index in [0.717, 1.165) is 0 Å². The standard InChI is InChI=1S/C10H9BrFNO2/c1-10(2)9(14)13-8-6(15-10)4-3-5(12)7(8)11/h3-4H,1-2H3,(H,13,14). The van der Waals surface area contributed by atoms with Crippen LogP contribution in [0.25, 0.3) is 0 Å². The Balaban J connectivity index is 2.55. The lowest BCUT2D eigenvalue weighted by Crippen LogP contribution is -2.45. The Hall–Kier alpha value is -1.10. The summed E-state index contributed by atoms with van der Waals surface area (Å²) in [4.78, 5) is 11.6. The van der Waals surface area contributed by atoms with Gasteiger partial charge in [0.1, 0.15) is 17.3 Å². The average Bonchev–Trinajstić information content (AvgIpc) is 2.15. The fourth-order valence-corrected chi connectivity index (χ4v) is 1.75. The van der Waals surface area contributed by atoms with Gasteiger partial charge in [0.05, 0.1) is 4.47 Å². The second-order valence-corrected chi connectivity index (χ2v) is 4.59. The summed E-state index contributed by atoms with van der Waals surface area (Å²) in [6.07, 6.45) is 0. The molecule has 80 valence electrons. The normalized spacial score (nSPS) is 17.7. The van der Waals surface area contributed by atoms with Crippen LogP contribution in [0.1, 0.15) is 13.8 Å². The summed E-state index contributed by atoms with van der Waals surface area (Å²) in [5.41, 5.74) is -0.580. The number of halogens is 2. The van der Waals surface area contributed by atoms with Crippen molar-refractivity contribution in [3.05, 3.63) is 22.4 Å². The largest absolute Gasteiger partial charge is 0.476 e. The minimum atomic E-state index is -0.926. The van der Waals surface area contributed by atoms with Crippen LogP contribution >= 0.6 is 15.9 Å². The van der Waals surface area contributed by atoms with Gasteiger partial charge in [0, 0.05) is 0 Å². The molecule has 0 bridgehead atoms. The van der Waals surface area contributed by atoms with Crippen molar-refractivity contribution in [1.29, 1.82) is 0 Å². The molecule has 15 heavy (non-hydrogen) atoms. The molecule has 0 saturated carbocycles. The number of benzene rings is 1. The molecule has 0 radical (unpaired) electrons. The smallest absolute Gasteiger partial charge is 0.268 e. The van der Waals surface area contributed by atoms with E-state index >= 15 is 0 Å². The molecule has 1 heterocycles. The minimum Gasteiger partial charge on any atom is -0.476 e. The molecule has 1 aliphatic rings. The zero-order chi connectivity index (χ0) is 11.2. The summed E-state index contributed by atoms with van der Waals surface area (Å²) < 4.78 is 18.8. The van der Waals surface area contributed by atoms with Crippen LogP contribution in [0.2, 0.25) is 0 Å². The fraction of sp³-hybridized carbons (Fsp3) is 0.300. The number of rotatable bonds is 0. The lowest BCUT2D eigenvalue weighted by Gasteiger charge is -2.32. The highest BCUT2D eigenvalue weighted by Crippen LogP contribution is 2.39. The molecule has 0 unspecified atom stereocenters. The maximum Gasteiger partial charge on any atom is 0.268 e. The van der Waals surface area contributed by atoms with E-state index in [9.17, 15) is 9.18 Å². The molecule has 0 spiro atoms. The summed E-state index contributed by atoms with van der Waals surface area (Å²) in [6.45, 7) is 3.31. The Morgan fingerprint density at radius 2 is 2.13 bits per heavy atom. The molecule has 1 N–H and O–H groups in total. The Bertz CT molecular complexity index is 445. The third-order valence-corrected chi connectivity index (χ3v) is 2.98. The molecule has 1 aromatic rings. The molecule has 1 amide bonds. The molecule has 5 heteroatoms. The molecule has 0 atom stereocenters. The van der Waals surface area contributed by atoms with Crippen LogP contribution in [0.3, 0.4) is 0 Å². The van der Waals surface area contributed by atoms with Crippen LogP contribution in [0.15, 0.2) is 16.6 Å². The Morgan fingerprint density at radius 3 is 2.80 bits per heavy atom. The predicted octanol–water partition coefficient (Wildman–Crippen LogP) is 2.70. The van der Waals surface area contributed by atoms with E-state index < -0.39 is 11.4 Å². The van der Waals surface area contributed by atoms with Crippen molar-refractivity contribution in [3.8, 4) is 5.75 Å². The van der Waals surface area contributed by atoms with Crippen molar-refractivity contribution in [2.24, 2.45) is 0 Å². The maximum atomic E-state index is 13.2. The summed E-state index contributed by atoms with van der Waals surface area (Å²) in [6, 6.07) is 2.78. The van der Waals surface area contributed by atoms with Crippen LogP contribution in [0, 0.1) is 5.82 Å². The Labute approximate surface area is 94.7 Å². The van der Waals surface area contributed by atoms with E-state index in [1.165, 1.54) is 12.1 Å². The Kier molecular flexibility index (Phi) is 2.22. The van der Waals surface area contributed by atoms with E-state index in [0.29, 0.717) is 11.4 Å². The highest BCUT2D eigenvalue weighted by atomic mass is 79.9. The molecular formula is C10H9BrFNO2. The molecular weight excluding hydrogens is 265 g/mol. The highest BCUT2D eigenvalue weighted by molar-refractivity contribution is 9.10. The number of carbonyl (C=O) groups excluding carboxylic acids is 1. The number of hydrogen-bond acceptors (Lipinski definition) is 2. The van der Waals surface area contributed by atoms with Crippen molar-refractivity contribution in [3.63, 3.8) is 0 Å². The fourth-order valence-electron chi connectivity index (χ4n) is 1.32. The van der Waals surface area contributed by atoms with Gasteiger partial charge in [-0.25, -0.2) is 4.39 Å². The SMILES string of the molecule is CC1(C)Oc2ccc(F)c(Br)c2NC1=O. The van der Waals surface area contributed by atoms with Crippen LogP contribution in [-0.4, -0.2) is 11.5 Å². The number of nitrogens with one attached hydrogen (secondary N) is 1. The van der Waals surface area contributed by atoms with Gasteiger partial charge in [-0.15, -0.1) is 0 Å². The predicted molar refractivity (Wildman–Crippen MR) is 57.4 cm³/mol. The zero-order valence-electron chi connectivity index (χ0n) is 8.23. The number of hydrogen-bond donors (Lipinski definition) is 1. The van der Waals surface area contributed by atoms with Gasteiger partial charge >= 0.3 is 0 Å². The second-order valence-electron chi connectivity index (χ2n) is 3.80. The molecule has 1 aromatic carbocycles. The lowest BCUT2D eigenvalue weighted by molar-refractivity contribution is -0.129. The van der Waals surface area contributed by atoms with E-state index in [1.54, 1.807) is 13.8 Å². The summed E-state index contributed by atoms with van der Waals surface area (Å²) >= 11 is 3.06. The second kappa shape index (κ2) is 3.20. The first-order valence-electron chi connectivity index (χ1n) is 4.40. The van der Waals surface area contributed by atoms with Crippen molar-refractivity contribution in [2.45, 2.75) is 19.4 Å². The summed E-state index contributed by atoms with van der Waals surface area (Å²) in [7, 11) is 0. The number of amides is 1. The minimum absolute atomic E-state index is 0.212. The summed E-state index contributed by atoms with van der Waals surface area (Å²) in [5.74, 6) is -0.258. The third kappa shape index (κ3) is 1.61. The topological polar surface area (TPSA) is 38.3 Å². The average molecular weight is 274 g/mol. The first-order chi connectivity index (χ1) is 6.92. The molecule has 3 nitrogen and oxygen atoms in total. The quantitative estimate of drug-likeness (QED) is 0.789. The van der Waals surface area contributed by atoms with Crippen molar-refractivity contribution >= 4 is 27.5 Å². The van der Waals surface area contributed by atoms with Gasteiger partial charge in [-0.3, -0.25) is 4.79 Å². The number of carbonyl (C=O) groups is 1. The molecule has 2 rings (SSSR count). The molecule has 0 fully saturated rings. The molecule has 0 aromatic heterocycles. The third-order valence-electron chi connectivity index (χ3n) is 2.21. The number of ether oxygens (including phenoxy) is 1. The number of anilines is 1. The summed E-state index contributed by atoms with van der Waals surface area (Å²) in [5, 5.41) is 2.61. The number of fused-ring (bicyclic) bond motifs is 1. The van der Waals surface area contributed by atoms with Crippen LogP contribution in [0.5, 0.6) is 5.75 Å². The van der Waals surface area contributed by atoms with Crippen LogP contribution < -0.4 is 10.1 Å². The van der Waals surface area contributed by atoms with E-state index in [1.807, 2.05) is 0 Å². The molecule has 0 aliphatic carbocycles. The lowest BCUT2D eigenvalue weighted by atomic mass is 10.1. The Morgan fingerprint density at radius 1 is 1.47 bits per heavy atom. The van der Waals surface area contributed by atoms with E-state index in [2.05, 4.69) is 21.2 Å². The van der Waals surface area contributed by atoms with Gasteiger partial charge in [-0.05, 0) is 41.9 Å². The van der Waals surface area contributed by atoms with Crippen molar-refractivity contribution in [2.75, 3.05) is 5.32 Å². The van der Waals surface area contributed by atoms with Gasteiger partial charge in [0.2, 0.25) is 0 Å². The first-order valence-corrected chi connectivity index (χ1v) is 5.19. The van der Waals surface area contributed by atoms with Crippen molar-refractivity contribution in [1.82, 2.24) is 0 Å². The molecule has 0 saturated heterocycles. The molecule has 1 aliphatic heterocycles. The van der Waals surface area contributed by atoms with Gasteiger partial charge in [-0.2, -0.15) is 0 Å². The first kappa shape index (κ1) is 10.4. The van der Waals surface area contributed by atoms with Crippen molar-refractivity contribution < 1.29 is 13.9 Å². The monoisotopic (exact) mass is 273 g/mol. The zero-order valence-corrected chi connectivity index (χ0v) is 9.81.